The monoisotopic (exact) mass is 570 g/mol. The van der Waals surface area contributed by atoms with E-state index in [9.17, 15) is 9.50 Å². The van der Waals surface area contributed by atoms with E-state index in [1.54, 1.807) is 6.20 Å². The van der Waals surface area contributed by atoms with E-state index in [0.717, 1.165) is 45.3 Å². The predicted molar refractivity (Wildman–Crippen MR) is 158 cm³/mol. The molecule has 216 valence electrons. The molecule has 4 aromatic rings. The second-order valence-corrected chi connectivity index (χ2v) is 12.0. The van der Waals surface area contributed by atoms with Crippen LogP contribution in [-0.2, 0) is 0 Å². The van der Waals surface area contributed by atoms with Gasteiger partial charge >= 0.3 is 6.01 Å². The number of anilines is 1. The summed E-state index contributed by atoms with van der Waals surface area (Å²) in [7, 11) is 2.07. The first kappa shape index (κ1) is 26.8. The Hall–Kier alpha value is -4.07. The number of ether oxygens (including phenoxy) is 1. The van der Waals surface area contributed by atoms with Crippen molar-refractivity contribution >= 4 is 27.5 Å². The number of terminal acetylenes is 1. The first-order valence-electron chi connectivity index (χ1n) is 14.4. The van der Waals surface area contributed by atoms with Crippen LogP contribution in [0.4, 0.5) is 14.6 Å². The lowest BCUT2D eigenvalue weighted by Crippen LogP contribution is -2.51. The fourth-order valence-electron chi connectivity index (χ4n) is 6.80. The number of nitrogens with one attached hydrogen (secondary N) is 1. The van der Waals surface area contributed by atoms with Crippen molar-refractivity contribution in [2.75, 3.05) is 38.2 Å². The third-order valence-corrected chi connectivity index (χ3v) is 9.25. The highest BCUT2D eigenvalue weighted by Crippen LogP contribution is 2.39. The van der Waals surface area contributed by atoms with Crippen molar-refractivity contribution in [3.05, 3.63) is 47.7 Å². The fraction of sp³-hybridized carbons (Fsp3) is 0.406. The average molecular weight is 571 g/mol. The molecule has 2 aromatic heterocycles. The molecule has 0 amide bonds. The molecule has 2 bridgehead atoms. The molecule has 3 atom stereocenters. The Morgan fingerprint density at radius 1 is 1.19 bits per heavy atom. The summed E-state index contributed by atoms with van der Waals surface area (Å²) >= 11 is 0. The van der Waals surface area contributed by atoms with Crippen LogP contribution in [0.15, 0.2) is 30.5 Å². The highest BCUT2D eigenvalue weighted by molar-refractivity contribution is 6.03. The Kier molecular flexibility index (Phi) is 6.40. The number of likely N-dealkylation sites (N-methyl/N-ethyl adjacent to an activating group) is 1. The SMILES string of the molecule is C#Cc1c(F)ccc2cc(O)cc(-c3ncc4c(N5C[C@H]6CC[C@@H](C5)N6)nc(OCC5(C)CCCN5C)nc4c3F)c12. The van der Waals surface area contributed by atoms with E-state index in [1.165, 1.54) is 24.3 Å². The summed E-state index contributed by atoms with van der Waals surface area (Å²) in [5, 5.41) is 15.3. The van der Waals surface area contributed by atoms with Gasteiger partial charge in [-0.05, 0) is 69.8 Å². The number of rotatable bonds is 5. The van der Waals surface area contributed by atoms with Crippen molar-refractivity contribution in [1.29, 1.82) is 0 Å². The van der Waals surface area contributed by atoms with Gasteiger partial charge < -0.3 is 20.1 Å². The first-order valence-corrected chi connectivity index (χ1v) is 14.4. The number of hydrogen-bond acceptors (Lipinski definition) is 8. The van der Waals surface area contributed by atoms with Gasteiger partial charge in [-0.15, -0.1) is 6.42 Å². The molecule has 3 saturated heterocycles. The quantitative estimate of drug-likeness (QED) is 0.337. The number of nitrogens with zero attached hydrogens (tertiary/aromatic N) is 5. The number of likely N-dealkylation sites (tertiary alicyclic amines) is 1. The van der Waals surface area contributed by atoms with Gasteiger partial charge in [0.05, 0.1) is 16.5 Å². The number of halogens is 2. The normalized spacial score (nSPS) is 24.0. The van der Waals surface area contributed by atoms with Crippen LogP contribution in [-0.4, -0.2) is 75.9 Å². The summed E-state index contributed by atoms with van der Waals surface area (Å²) < 4.78 is 37.6. The number of benzene rings is 2. The van der Waals surface area contributed by atoms with Crippen LogP contribution in [0, 0.1) is 24.0 Å². The van der Waals surface area contributed by atoms with Gasteiger partial charge in [0.2, 0.25) is 0 Å². The van der Waals surface area contributed by atoms with Gasteiger partial charge in [0, 0.05) is 42.3 Å². The molecule has 0 spiro atoms. The molecule has 2 N–H and O–H groups in total. The number of aromatic hydroxyl groups is 1. The topological polar surface area (TPSA) is 86.6 Å². The van der Waals surface area contributed by atoms with Gasteiger partial charge in [0.15, 0.2) is 5.82 Å². The molecule has 0 saturated carbocycles. The van der Waals surface area contributed by atoms with Crippen LogP contribution in [0.1, 0.15) is 38.2 Å². The van der Waals surface area contributed by atoms with Crippen LogP contribution in [0.25, 0.3) is 32.9 Å². The maximum absolute atomic E-state index is 16.6. The molecular weight excluding hydrogens is 538 g/mol. The highest BCUT2D eigenvalue weighted by Gasteiger charge is 2.36. The molecule has 10 heteroatoms. The van der Waals surface area contributed by atoms with Crippen LogP contribution >= 0.6 is 0 Å². The van der Waals surface area contributed by atoms with Gasteiger partial charge in [-0.3, -0.25) is 9.88 Å². The van der Waals surface area contributed by atoms with E-state index < -0.39 is 11.6 Å². The van der Waals surface area contributed by atoms with E-state index in [-0.39, 0.29) is 39.6 Å². The number of piperazine rings is 1. The van der Waals surface area contributed by atoms with E-state index in [0.29, 0.717) is 40.7 Å². The smallest absolute Gasteiger partial charge is 0.319 e. The first-order chi connectivity index (χ1) is 20.2. The summed E-state index contributed by atoms with van der Waals surface area (Å²) in [4.78, 5) is 18.3. The van der Waals surface area contributed by atoms with E-state index in [1.807, 2.05) is 0 Å². The van der Waals surface area contributed by atoms with Gasteiger partial charge in [0.1, 0.15) is 35.2 Å². The lowest BCUT2D eigenvalue weighted by atomic mass is 9.96. The zero-order valence-corrected chi connectivity index (χ0v) is 23.6. The molecule has 8 nitrogen and oxygen atoms in total. The van der Waals surface area contributed by atoms with Gasteiger partial charge in [-0.2, -0.15) is 9.97 Å². The average Bonchev–Trinajstić information content (AvgIpc) is 3.50. The summed E-state index contributed by atoms with van der Waals surface area (Å²) in [5.41, 5.74) is -0.0683. The fourth-order valence-corrected chi connectivity index (χ4v) is 6.80. The third-order valence-electron chi connectivity index (χ3n) is 9.25. The molecule has 0 aliphatic carbocycles. The number of phenols is 1. The molecule has 0 radical (unpaired) electrons. The van der Waals surface area contributed by atoms with Gasteiger partial charge in [0.25, 0.3) is 0 Å². The Labute approximate surface area is 242 Å². The molecule has 7 rings (SSSR count). The number of pyridine rings is 1. The highest BCUT2D eigenvalue weighted by atomic mass is 19.1. The van der Waals surface area contributed by atoms with Gasteiger partial charge in [-0.25, -0.2) is 8.78 Å². The van der Waals surface area contributed by atoms with Crippen molar-refractivity contribution in [1.82, 2.24) is 25.2 Å². The van der Waals surface area contributed by atoms with Crippen LogP contribution in [0.5, 0.6) is 11.8 Å². The molecule has 3 aliphatic heterocycles. The summed E-state index contributed by atoms with van der Waals surface area (Å²) in [5.74, 6) is 1.50. The van der Waals surface area contributed by atoms with Crippen LogP contribution < -0.4 is 15.0 Å². The molecule has 1 unspecified atom stereocenters. The minimum atomic E-state index is -0.720. The summed E-state index contributed by atoms with van der Waals surface area (Å²) in [6, 6.07) is 6.30. The number of aromatic nitrogens is 3. The lowest BCUT2D eigenvalue weighted by Gasteiger charge is -2.34. The second kappa shape index (κ2) is 10.0. The zero-order chi connectivity index (χ0) is 29.2. The Balaban J connectivity index is 1.40. The largest absolute Gasteiger partial charge is 0.508 e. The Bertz CT molecular complexity index is 1760. The number of fused-ring (bicyclic) bond motifs is 4. The van der Waals surface area contributed by atoms with E-state index in [4.69, 9.17) is 16.1 Å². The Morgan fingerprint density at radius 3 is 2.69 bits per heavy atom. The third kappa shape index (κ3) is 4.39. The molecular formula is C32H32F2N6O2. The summed E-state index contributed by atoms with van der Waals surface area (Å²) in [6.07, 6.45) is 11.4. The van der Waals surface area contributed by atoms with Crippen LogP contribution in [0.3, 0.4) is 0 Å². The van der Waals surface area contributed by atoms with E-state index in [2.05, 4.69) is 45.0 Å². The van der Waals surface area contributed by atoms with Crippen LogP contribution in [0.2, 0.25) is 0 Å². The van der Waals surface area contributed by atoms with Crippen molar-refractivity contribution in [2.24, 2.45) is 0 Å². The molecule has 2 aromatic carbocycles. The Morgan fingerprint density at radius 2 is 1.98 bits per heavy atom. The predicted octanol–water partition coefficient (Wildman–Crippen LogP) is 4.61. The lowest BCUT2D eigenvalue weighted by molar-refractivity contribution is 0.108. The minimum absolute atomic E-state index is 0.0265. The van der Waals surface area contributed by atoms with Gasteiger partial charge in [-0.1, -0.05) is 12.0 Å². The second-order valence-electron chi connectivity index (χ2n) is 12.0. The van der Waals surface area contributed by atoms with Crippen molar-refractivity contribution in [2.45, 2.75) is 50.2 Å². The molecule has 3 fully saturated rings. The number of phenolic OH excluding ortho intramolecular Hbond substituents is 1. The molecule has 42 heavy (non-hydrogen) atoms. The summed E-state index contributed by atoms with van der Waals surface area (Å²) in [6.45, 7) is 4.95. The van der Waals surface area contributed by atoms with Crippen molar-refractivity contribution < 1.29 is 18.6 Å². The maximum Gasteiger partial charge on any atom is 0.319 e. The standard InChI is InChI=1S/C32H32F2N6O2/c1-4-22-25(33)9-6-18-12-21(41)13-23(26(18)22)28-27(34)29-24(14-35-28)30(40-15-19-7-8-20(16-40)36-19)38-31(37-29)42-17-32(2)10-5-11-39(32)3/h1,6,9,12-14,19-20,36,41H,5,7-8,10-11,15-17H2,2-3H3/t19-,20+,32?. The van der Waals surface area contributed by atoms with Crippen molar-refractivity contribution in [3.63, 3.8) is 0 Å². The molecule has 3 aliphatic rings. The minimum Gasteiger partial charge on any atom is -0.508 e. The van der Waals surface area contributed by atoms with E-state index >= 15 is 4.39 Å². The molecule has 5 heterocycles. The van der Waals surface area contributed by atoms with Crippen molar-refractivity contribution in [3.8, 4) is 35.4 Å². The maximum atomic E-state index is 16.6. The number of hydrogen-bond donors (Lipinski definition) is 2. The zero-order valence-electron chi connectivity index (χ0n) is 23.6.